The summed E-state index contributed by atoms with van der Waals surface area (Å²) in [7, 11) is 0. The molecule has 1 unspecified atom stereocenters. The van der Waals surface area contributed by atoms with Crippen LogP contribution in [0, 0.1) is 0 Å². The van der Waals surface area contributed by atoms with Gasteiger partial charge >= 0.3 is 6.18 Å². The third-order valence-electron chi connectivity index (χ3n) is 5.34. The highest BCUT2D eigenvalue weighted by Crippen LogP contribution is 2.43. The van der Waals surface area contributed by atoms with E-state index < -0.39 is 17.5 Å². The molecule has 1 saturated heterocycles. The molecule has 0 radical (unpaired) electrons. The second-order valence-electron chi connectivity index (χ2n) is 6.89. The van der Waals surface area contributed by atoms with Crippen LogP contribution in [0.2, 0.25) is 0 Å². The number of halogens is 3. The number of hydrogen-bond acceptors (Lipinski definition) is 5. The summed E-state index contributed by atoms with van der Waals surface area (Å²) >= 11 is 0. The SMILES string of the molecule is FC(F)(F)c1cc(N2CCOC3(CCc4ccccc43)C2)n2ncnc2n1. The summed E-state index contributed by atoms with van der Waals surface area (Å²) in [5.41, 5.74) is 0.875. The van der Waals surface area contributed by atoms with Gasteiger partial charge in [0.2, 0.25) is 0 Å². The molecule has 27 heavy (non-hydrogen) atoms. The van der Waals surface area contributed by atoms with Gasteiger partial charge in [-0.3, -0.25) is 0 Å². The first-order valence-electron chi connectivity index (χ1n) is 8.72. The average molecular weight is 375 g/mol. The molecule has 3 aromatic rings. The van der Waals surface area contributed by atoms with Gasteiger partial charge in [0.25, 0.3) is 5.78 Å². The van der Waals surface area contributed by atoms with Crippen LogP contribution in [0.25, 0.3) is 5.78 Å². The minimum absolute atomic E-state index is 0.0628. The Labute approximate surface area is 152 Å². The van der Waals surface area contributed by atoms with Gasteiger partial charge in [-0.1, -0.05) is 24.3 Å². The average Bonchev–Trinajstić information content (AvgIpc) is 3.26. The quantitative estimate of drug-likeness (QED) is 0.655. The predicted octanol–water partition coefficient (Wildman–Crippen LogP) is 2.82. The normalized spacial score (nSPS) is 22.6. The summed E-state index contributed by atoms with van der Waals surface area (Å²) in [6.07, 6.45) is -1.63. The van der Waals surface area contributed by atoms with Crippen LogP contribution in [-0.2, 0) is 22.9 Å². The molecule has 0 bridgehead atoms. The molecule has 1 aliphatic heterocycles. The van der Waals surface area contributed by atoms with E-state index in [0.717, 1.165) is 24.5 Å². The topological polar surface area (TPSA) is 55.6 Å². The van der Waals surface area contributed by atoms with Crippen molar-refractivity contribution in [1.29, 1.82) is 0 Å². The minimum Gasteiger partial charge on any atom is -0.367 e. The van der Waals surface area contributed by atoms with Crippen LogP contribution >= 0.6 is 0 Å². The van der Waals surface area contributed by atoms with E-state index in [2.05, 4.69) is 21.1 Å². The van der Waals surface area contributed by atoms with Crippen molar-refractivity contribution in [3.05, 3.63) is 53.5 Å². The molecule has 1 fully saturated rings. The Balaban J connectivity index is 1.59. The van der Waals surface area contributed by atoms with E-state index in [1.807, 2.05) is 23.1 Å². The van der Waals surface area contributed by atoms with E-state index in [0.29, 0.717) is 25.5 Å². The Morgan fingerprint density at radius 3 is 2.89 bits per heavy atom. The molecule has 1 atom stereocenters. The second-order valence-corrected chi connectivity index (χ2v) is 6.89. The monoisotopic (exact) mass is 375 g/mol. The standard InChI is InChI=1S/C18H16F3N5O/c19-18(20,21)14-9-15(26-16(24-14)22-11-23-26)25-7-8-27-17(10-25)6-5-12-3-1-2-4-13(12)17/h1-4,9,11H,5-8,10H2. The lowest BCUT2D eigenvalue weighted by molar-refractivity contribution is -0.141. The second kappa shape index (κ2) is 5.66. The van der Waals surface area contributed by atoms with Crippen LogP contribution in [0.15, 0.2) is 36.7 Å². The van der Waals surface area contributed by atoms with Crippen LogP contribution in [0.4, 0.5) is 19.0 Å². The van der Waals surface area contributed by atoms with Gasteiger partial charge < -0.3 is 9.64 Å². The maximum atomic E-state index is 13.3. The van der Waals surface area contributed by atoms with Gasteiger partial charge in [-0.15, -0.1) is 0 Å². The van der Waals surface area contributed by atoms with Gasteiger partial charge in [0, 0.05) is 12.6 Å². The van der Waals surface area contributed by atoms with Crippen molar-refractivity contribution in [3.8, 4) is 0 Å². The number of aromatic nitrogens is 4. The highest BCUT2D eigenvalue weighted by molar-refractivity contribution is 5.50. The van der Waals surface area contributed by atoms with Crippen molar-refractivity contribution in [2.45, 2.75) is 24.6 Å². The van der Waals surface area contributed by atoms with E-state index in [-0.39, 0.29) is 5.78 Å². The molecule has 1 spiro atoms. The predicted molar refractivity (Wildman–Crippen MR) is 90.4 cm³/mol. The van der Waals surface area contributed by atoms with Crippen molar-refractivity contribution in [1.82, 2.24) is 19.6 Å². The van der Waals surface area contributed by atoms with E-state index >= 15 is 0 Å². The summed E-state index contributed by atoms with van der Waals surface area (Å²) in [5, 5.41) is 4.07. The summed E-state index contributed by atoms with van der Waals surface area (Å²) < 4.78 is 47.4. The molecular weight excluding hydrogens is 359 g/mol. The van der Waals surface area contributed by atoms with Crippen LogP contribution in [-0.4, -0.2) is 39.3 Å². The molecule has 6 nitrogen and oxygen atoms in total. The number of alkyl halides is 3. The fourth-order valence-corrected chi connectivity index (χ4v) is 4.12. The van der Waals surface area contributed by atoms with E-state index in [1.54, 1.807) is 0 Å². The zero-order chi connectivity index (χ0) is 18.6. The molecule has 2 aliphatic rings. The molecular formula is C18H16F3N5O. The molecule has 0 amide bonds. The van der Waals surface area contributed by atoms with Gasteiger partial charge in [-0.25, -0.2) is 4.98 Å². The first-order chi connectivity index (χ1) is 13.0. The maximum absolute atomic E-state index is 13.3. The summed E-state index contributed by atoms with van der Waals surface area (Å²) in [5.74, 6) is 0.268. The third kappa shape index (κ3) is 2.56. The maximum Gasteiger partial charge on any atom is 0.433 e. The molecule has 5 rings (SSSR count). The van der Waals surface area contributed by atoms with Gasteiger partial charge in [-0.05, 0) is 24.0 Å². The third-order valence-corrected chi connectivity index (χ3v) is 5.34. The number of ether oxygens (including phenoxy) is 1. The summed E-state index contributed by atoms with van der Waals surface area (Å²) in [6, 6.07) is 9.14. The lowest BCUT2D eigenvalue weighted by atomic mass is 9.93. The van der Waals surface area contributed by atoms with Crippen LogP contribution < -0.4 is 4.90 Å². The van der Waals surface area contributed by atoms with Crippen LogP contribution in [0.1, 0.15) is 23.2 Å². The van der Waals surface area contributed by atoms with Crippen molar-refractivity contribution >= 4 is 11.6 Å². The van der Waals surface area contributed by atoms with E-state index in [1.165, 1.54) is 16.4 Å². The number of anilines is 1. The number of hydrogen-bond donors (Lipinski definition) is 0. The zero-order valence-corrected chi connectivity index (χ0v) is 14.3. The highest BCUT2D eigenvalue weighted by atomic mass is 19.4. The van der Waals surface area contributed by atoms with Crippen LogP contribution in [0.5, 0.6) is 0 Å². The fraction of sp³-hybridized carbons (Fsp3) is 0.389. The summed E-state index contributed by atoms with van der Waals surface area (Å²) in [6.45, 7) is 1.36. The number of morpholine rings is 1. The van der Waals surface area contributed by atoms with Crippen molar-refractivity contribution in [3.63, 3.8) is 0 Å². The highest BCUT2D eigenvalue weighted by Gasteiger charge is 2.44. The number of aryl methyl sites for hydroxylation is 1. The molecule has 1 aromatic carbocycles. The Hall–Kier alpha value is -2.68. The Kier molecular flexibility index (Phi) is 3.45. The van der Waals surface area contributed by atoms with E-state index in [4.69, 9.17) is 4.74 Å². The smallest absolute Gasteiger partial charge is 0.367 e. The van der Waals surface area contributed by atoms with Gasteiger partial charge in [0.05, 0.1) is 13.2 Å². The minimum atomic E-state index is -4.55. The lowest BCUT2D eigenvalue weighted by Gasteiger charge is -2.42. The van der Waals surface area contributed by atoms with Gasteiger partial charge in [0.1, 0.15) is 17.7 Å². The number of fused-ring (bicyclic) bond motifs is 3. The van der Waals surface area contributed by atoms with Gasteiger partial charge in [0.15, 0.2) is 5.69 Å². The molecule has 140 valence electrons. The number of benzene rings is 1. The molecule has 3 heterocycles. The van der Waals surface area contributed by atoms with Gasteiger partial charge in [-0.2, -0.15) is 27.8 Å². The van der Waals surface area contributed by atoms with E-state index in [9.17, 15) is 13.2 Å². The molecule has 2 aromatic heterocycles. The molecule has 1 aliphatic carbocycles. The summed E-state index contributed by atoms with van der Waals surface area (Å²) in [4.78, 5) is 9.34. The zero-order valence-electron chi connectivity index (χ0n) is 14.3. The van der Waals surface area contributed by atoms with Crippen molar-refractivity contribution < 1.29 is 17.9 Å². The fourth-order valence-electron chi connectivity index (χ4n) is 4.12. The van der Waals surface area contributed by atoms with Crippen molar-refractivity contribution in [2.75, 3.05) is 24.6 Å². The Morgan fingerprint density at radius 2 is 2.04 bits per heavy atom. The molecule has 0 N–H and O–H groups in total. The Morgan fingerprint density at radius 1 is 1.19 bits per heavy atom. The Bertz CT molecular complexity index is 1010. The van der Waals surface area contributed by atoms with Crippen molar-refractivity contribution in [2.24, 2.45) is 0 Å². The molecule has 9 heteroatoms. The lowest BCUT2D eigenvalue weighted by Crippen LogP contribution is -2.49. The number of nitrogens with zero attached hydrogens (tertiary/aromatic N) is 5. The first kappa shape index (κ1) is 16.5. The first-order valence-corrected chi connectivity index (χ1v) is 8.72. The molecule has 0 saturated carbocycles. The van der Waals surface area contributed by atoms with Crippen LogP contribution in [0.3, 0.4) is 0 Å². The number of rotatable bonds is 1. The largest absolute Gasteiger partial charge is 0.433 e.